The fraction of sp³-hybridized carbons (Fsp3) is 0.267. The second-order valence-corrected chi connectivity index (χ2v) is 8.35. The van der Waals surface area contributed by atoms with Gasteiger partial charge in [0.2, 0.25) is 0 Å². The third kappa shape index (κ3) is 5.29. The molecule has 1 aromatic heterocycles. The third-order valence-electron chi connectivity index (χ3n) is 3.02. The first kappa shape index (κ1) is 18.9. The van der Waals surface area contributed by atoms with Crippen molar-refractivity contribution < 1.29 is 22.5 Å². The number of halogens is 1. The van der Waals surface area contributed by atoms with Crippen LogP contribution in [0.3, 0.4) is 0 Å². The average molecular weight is 390 g/mol. The van der Waals surface area contributed by atoms with Gasteiger partial charge in [0.25, 0.3) is 16.0 Å². The number of nitrogens with one attached hydrogen (secondary N) is 1. The molecule has 0 aliphatic carbocycles. The lowest BCUT2D eigenvalue weighted by Gasteiger charge is -2.12. The minimum absolute atomic E-state index is 0.0116. The lowest BCUT2D eigenvalue weighted by atomic mass is 10.2. The van der Waals surface area contributed by atoms with E-state index >= 15 is 0 Å². The minimum Gasteiger partial charge on any atom is -0.389 e. The molecule has 0 saturated carbocycles. The van der Waals surface area contributed by atoms with E-state index in [1.807, 2.05) is 6.92 Å². The van der Waals surface area contributed by atoms with Crippen molar-refractivity contribution >= 4 is 39.0 Å². The maximum absolute atomic E-state index is 12.0. The highest BCUT2D eigenvalue weighted by molar-refractivity contribution is 7.86. The molecule has 130 valence electrons. The monoisotopic (exact) mass is 389 g/mol. The molecule has 0 aliphatic rings. The highest BCUT2D eigenvalue weighted by atomic mass is 35.5. The van der Waals surface area contributed by atoms with E-state index < -0.39 is 28.7 Å². The summed E-state index contributed by atoms with van der Waals surface area (Å²) in [5, 5.41) is 12.3. The molecule has 0 aliphatic heterocycles. The lowest BCUT2D eigenvalue weighted by molar-refractivity contribution is 0.0856. The number of thiophene rings is 1. The zero-order valence-electron chi connectivity index (χ0n) is 12.7. The second kappa shape index (κ2) is 8.09. The van der Waals surface area contributed by atoms with Crippen LogP contribution in [-0.4, -0.2) is 38.7 Å². The van der Waals surface area contributed by atoms with E-state index in [2.05, 4.69) is 5.32 Å². The fourth-order valence-electron chi connectivity index (χ4n) is 1.73. The Bertz CT molecular complexity index is 802. The zero-order chi connectivity index (χ0) is 17.7. The van der Waals surface area contributed by atoms with Gasteiger partial charge in [-0.25, -0.2) is 0 Å². The molecule has 9 heteroatoms. The lowest BCUT2D eigenvalue weighted by Crippen LogP contribution is -2.34. The number of rotatable bonds is 7. The number of hydrogen-bond acceptors (Lipinski definition) is 6. The summed E-state index contributed by atoms with van der Waals surface area (Å²) in [6, 6.07) is 9.32. The molecule has 0 bridgehead atoms. The molecule has 2 rings (SSSR count). The quantitative estimate of drug-likeness (QED) is 0.708. The van der Waals surface area contributed by atoms with Crippen molar-refractivity contribution in [3.8, 4) is 0 Å². The van der Waals surface area contributed by atoms with Gasteiger partial charge in [0, 0.05) is 6.54 Å². The molecule has 1 atom stereocenters. The molecule has 0 fully saturated rings. The normalized spacial score (nSPS) is 12.8. The molecule has 1 heterocycles. The van der Waals surface area contributed by atoms with Crippen LogP contribution in [0.15, 0.2) is 41.3 Å². The smallest absolute Gasteiger partial charge is 0.297 e. The number of carbonyl (C=O) groups excluding carboxylic acids is 1. The Morgan fingerprint density at radius 1 is 1.29 bits per heavy atom. The molecule has 0 radical (unpaired) electrons. The van der Waals surface area contributed by atoms with Crippen molar-refractivity contribution in [3.63, 3.8) is 0 Å². The highest BCUT2D eigenvalue weighted by Crippen LogP contribution is 2.21. The summed E-state index contributed by atoms with van der Waals surface area (Å²) in [6.07, 6.45) is -1.16. The van der Waals surface area contributed by atoms with Crippen LogP contribution in [-0.2, 0) is 14.3 Å². The molecule has 6 nitrogen and oxygen atoms in total. The van der Waals surface area contributed by atoms with Crippen molar-refractivity contribution in [2.45, 2.75) is 17.9 Å². The van der Waals surface area contributed by atoms with Gasteiger partial charge < -0.3 is 10.4 Å². The van der Waals surface area contributed by atoms with Crippen LogP contribution in [0.5, 0.6) is 0 Å². The Balaban J connectivity index is 1.83. The summed E-state index contributed by atoms with van der Waals surface area (Å²) < 4.78 is 29.2. The molecule has 1 unspecified atom stereocenters. The zero-order valence-corrected chi connectivity index (χ0v) is 15.1. The number of aryl methyl sites for hydroxylation is 1. The van der Waals surface area contributed by atoms with Crippen LogP contribution in [0.1, 0.15) is 15.2 Å². The predicted molar refractivity (Wildman–Crippen MR) is 92.0 cm³/mol. The van der Waals surface area contributed by atoms with Gasteiger partial charge in [-0.3, -0.25) is 8.98 Å². The van der Waals surface area contributed by atoms with Gasteiger partial charge >= 0.3 is 0 Å². The highest BCUT2D eigenvalue weighted by Gasteiger charge is 2.18. The van der Waals surface area contributed by atoms with Crippen LogP contribution >= 0.6 is 22.9 Å². The van der Waals surface area contributed by atoms with Crippen molar-refractivity contribution in [1.82, 2.24) is 5.32 Å². The Morgan fingerprint density at radius 2 is 1.96 bits per heavy atom. The molecular weight excluding hydrogens is 374 g/mol. The first-order valence-electron chi connectivity index (χ1n) is 6.95. The topological polar surface area (TPSA) is 92.7 Å². The van der Waals surface area contributed by atoms with Crippen molar-refractivity contribution in [2.75, 3.05) is 13.2 Å². The summed E-state index contributed by atoms with van der Waals surface area (Å²) in [4.78, 5) is 12.2. The molecular formula is C15H16ClNO5S2. The number of aliphatic hydroxyl groups is 1. The number of carbonyl (C=O) groups is 1. The SMILES string of the molecule is Cc1ccc(S(=O)(=O)OCC(O)CNC(=O)c2ccc(Cl)s2)cc1. The second-order valence-electron chi connectivity index (χ2n) is 5.02. The first-order chi connectivity index (χ1) is 11.3. The van der Waals surface area contributed by atoms with Crippen molar-refractivity contribution in [3.05, 3.63) is 51.2 Å². The van der Waals surface area contributed by atoms with Crippen LogP contribution < -0.4 is 5.32 Å². The van der Waals surface area contributed by atoms with Crippen molar-refractivity contribution in [2.24, 2.45) is 0 Å². The van der Waals surface area contributed by atoms with E-state index in [0.717, 1.165) is 16.9 Å². The summed E-state index contributed by atoms with van der Waals surface area (Å²) in [5.74, 6) is -0.396. The van der Waals surface area contributed by atoms with Crippen molar-refractivity contribution in [1.29, 1.82) is 0 Å². The minimum atomic E-state index is -3.95. The molecule has 1 aromatic carbocycles. The maximum Gasteiger partial charge on any atom is 0.297 e. The van der Waals surface area contributed by atoms with E-state index in [9.17, 15) is 18.3 Å². The first-order valence-corrected chi connectivity index (χ1v) is 9.56. The Labute approximate surface area is 149 Å². The third-order valence-corrected chi connectivity index (χ3v) is 5.55. The molecule has 24 heavy (non-hydrogen) atoms. The van der Waals surface area contributed by atoms with Gasteiger partial charge in [-0.05, 0) is 31.2 Å². The molecule has 1 amide bonds. The predicted octanol–water partition coefficient (Wildman–Crippen LogP) is 2.21. The summed E-state index contributed by atoms with van der Waals surface area (Å²) in [7, 11) is -3.95. The maximum atomic E-state index is 12.0. The van der Waals surface area contributed by atoms with Crippen LogP contribution in [0.2, 0.25) is 4.34 Å². The van der Waals surface area contributed by atoms with Gasteiger partial charge in [-0.2, -0.15) is 8.42 Å². The number of aliphatic hydroxyl groups excluding tert-OH is 1. The number of benzene rings is 1. The van der Waals surface area contributed by atoms with E-state index in [4.69, 9.17) is 15.8 Å². The molecule has 0 spiro atoms. The summed E-state index contributed by atoms with van der Waals surface area (Å²) in [6.45, 7) is 1.24. The number of hydrogen-bond donors (Lipinski definition) is 2. The van der Waals surface area contributed by atoms with E-state index in [1.54, 1.807) is 24.3 Å². The Kier molecular flexibility index (Phi) is 6.36. The largest absolute Gasteiger partial charge is 0.389 e. The van der Waals surface area contributed by atoms with Gasteiger partial charge in [0.1, 0.15) is 0 Å². The van der Waals surface area contributed by atoms with E-state index in [0.29, 0.717) is 9.21 Å². The van der Waals surface area contributed by atoms with Crippen LogP contribution in [0, 0.1) is 6.92 Å². The van der Waals surface area contributed by atoms with Gasteiger partial charge in [0.05, 0.1) is 26.8 Å². The fourth-order valence-corrected chi connectivity index (χ4v) is 3.64. The van der Waals surface area contributed by atoms with Crippen LogP contribution in [0.4, 0.5) is 0 Å². The van der Waals surface area contributed by atoms with Gasteiger partial charge in [0.15, 0.2) is 0 Å². The van der Waals surface area contributed by atoms with Crippen LogP contribution in [0.25, 0.3) is 0 Å². The number of amides is 1. The summed E-state index contributed by atoms with van der Waals surface area (Å²) in [5.41, 5.74) is 0.922. The van der Waals surface area contributed by atoms with Gasteiger partial charge in [-0.15, -0.1) is 11.3 Å². The molecule has 0 saturated heterocycles. The molecule has 2 N–H and O–H groups in total. The average Bonchev–Trinajstić information content (AvgIpc) is 2.98. The van der Waals surface area contributed by atoms with E-state index in [-0.39, 0.29) is 11.4 Å². The Hall–Kier alpha value is -1.45. The summed E-state index contributed by atoms with van der Waals surface area (Å²) >= 11 is 6.85. The molecule has 2 aromatic rings. The Morgan fingerprint density at radius 3 is 2.54 bits per heavy atom. The van der Waals surface area contributed by atoms with E-state index in [1.165, 1.54) is 12.1 Å². The van der Waals surface area contributed by atoms with Gasteiger partial charge in [-0.1, -0.05) is 29.3 Å². The standard InChI is InChI=1S/C15H16ClNO5S2/c1-10-2-4-12(5-3-10)24(20,21)22-9-11(18)8-17-15(19)13-6-7-14(16)23-13/h2-7,11,18H,8-9H2,1H3,(H,17,19).